The third-order valence-corrected chi connectivity index (χ3v) is 4.90. The molecule has 0 aliphatic carbocycles. The molecule has 142 valence electrons. The molecule has 3 rings (SSSR count). The standard InChI is InChI=1S/C21H25N3O3/c1-14-13-16-7-5-6-8-19(16)24(14)20(25)15(2)22-17-9-11-18(12-10-17)23(3)21(26)27-4/h5-12,14-15,22H,13H2,1-4H3/t14-,15+/m1/s1. The summed E-state index contributed by atoms with van der Waals surface area (Å²) in [7, 11) is 2.99. The van der Waals surface area contributed by atoms with Gasteiger partial charge in [0.05, 0.1) is 7.11 Å². The van der Waals surface area contributed by atoms with Crippen LogP contribution in [0.15, 0.2) is 48.5 Å². The average Bonchev–Trinajstić information content (AvgIpc) is 3.02. The van der Waals surface area contributed by atoms with Crippen molar-refractivity contribution in [3.63, 3.8) is 0 Å². The summed E-state index contributed by atoms with van der Waals surface area (Å²) >= 11 is 0. The van der Waals surface area contributed by atoms with E-state index in [1.54, 1.807) is 7.05 Å². The molecule has 0 aromatic heterocycles. The van der Waals surface area contributed by atoms with Crippen LogP contribution in [0.2, 0.25) is 0 Å². The van der Waals surface area contributed by atoms with E-state index in [9.17, 15) is 9.59 Å². The molecule has 27 heavy (non-hydrogen) atoms. The Labute approximate surface area is 159 Å². The molecule has 1 aliphatic heterocycles. The number of amides is 2. The molecule has 6 heteroatoms. The topological polar surface area (TPSA) is 61.9 Å². The molecule has 0 radical (unpaired) electrons. The highest BCUT2D eigenvalue weighted by molar-refractivity contribution is 6.00. The number of nitrogens with one attached hydrogen (secondary N) is 1. The van der Waals surface area contributed by atoms with Crippen molar-refractivity contribution in [2.75, 3.05) is 29.3 Å². The van der Waals surface area contributed by atoms with Gasteiger partial charge in [-0.3, -0.25) is 9.69 Å². The molecule has 0 fully saturated rings. The van der Waals surface area contributed by atoms with Gasteiger partial charge in [-0.2, -0.15) is 0 Å². The monoisotopic (exact) mass is 367 g/mol. The van der Waals surface area contributed by atoms with Crippen molar-refractivity contribution >= 4 is 29.1 Å². The first-order chi connectivity index (χ1) is 12.9. The van der Waals surface area contributed by atoms with Gasteiger partial charge in [-0.25, -0.2) is 4.79 Å². The number of para-hydroxylation sites is 1. The summed E-state index contributed by atoms with van der Waals surface area (Å²) in [5, 5.41) is 3.25. The van der Waals surface area contributed by atoms with Crippen molar-refractivity contribution in [2.45, 2.75) is 32.4 Å². The molecule has 2 amide bonds. The second kappa shape index (κ2) is 7.70. The molecule has 0 saturated carbocycles. The number of anilines is 3. The van der Waals surface area contributed by atoms with Gasteiger partial charge in [-0.1, -0.05) is 18.2 Å². The van der Waals surface area contributed by atoms with E-state index in [-0.39, 0.29) is 18.0 Å². The molecular formula is C21H25N3O3. The fraction of sp³-hybridized carbons (Fsp3) is 0.333. The van der Waals surface area contributed by atoms with E-state index in [4.69, 9.17) is 4.74 Å². The molecule has 2 aromatic rings. The Kier molecular flexibility index (Phi) is 5.35. The Morgan fingerprint density at radius 1 is 1.19 bits per heavy atom. The van der Waals surface area contributed by atoms with Crippen molar-refractivity contribution < 1.29 is 14.3 Å². The smallest absolute Gasteiger partial charge is 0.413 e. The number of benzene rings is 2. The quantitative estimate of drug-likeness (QED) is 0.896. The number of carbonyl (C=O) groups excluding carboxylic acids is 2. The predicted molar refractivity (Wildman–Crippen MR) is 107 cm³/mol. The van der Waals surface area contributed by atoms with Gasteiger partial charge >= 0.3 is 6.09 Å². The molecule has 1 N–H and O–H groups in total. The van der Waals surface area contributed by atoms with Gasteiger partial charge in [0.15, 0.2) is 0 Å². The van der Waals surface area contributed by atoms with E-state index in [1.807, 2.05) is 54.3 Å². The summed E-state index contributed by atoms with van der Waals surface area (Å²) < 4.78 is 4.71. The Balaban J connectivity index is 1.69. The molecule has 0 unspecified atom stereocenters. The molecular weight excluding hydrogens is 342 g/mol. The highest BCUT2D eigenvalue weighted by atomic mass is 16.5. The van der Waals surface area contributed by atoms with Crippen LogP contribution in [0.25, 0.3) is 0 Å². The lowest BCUT2D eigenvalue weighted by Gasteiger charge is -2.27. The van der Waals surface area contributed by atoms with E-state index < -0.39 is 6.09 Å². The number of ether oxygens (including phenoxy) is 1. The highest BCUT2D eigenvalue weighted by Crippen LogP contribution is 2.32. The Hall–Kier alpha value is -3.02. The normalized spacial score (nSPS) is 16.4. The minimum Gasteiger partial charge on any atom is -0.452 e. The molecule has 2 aromatic carbocycles. The molecule has 0 spiro atoms. The highest BCUT2D eigenvalue weighted by Gasteiger charge is 2.32. The van der Waals surface area contributed by atoms with E-state index in [1.165, 1.54) is 17.6 Å². The maximum atomic E-state index is 13.0. The van der Waals surface area contributed by atoms with Gasteiger partial charge in [0.1, 0.15) is 6.04 Å². The maximum absolute atomic E-state index is 13.0. The lowest BCUT2D eigenvalue weighted by Crippen LogP contribution is -2.44. The first-order valence-electron chi connectivity index (χ1n) is 9.01. The van der Waals surface area contributed by atoms with E-state index >= 15 is 0 Å². The number of rotatable bonds is 4. The van der Waals surface area contributed by atoms with Crippen LogP contribution in [-0.4, -0.2) is 38.2 Å². The van der Waals surface area contributed by atoms with Crippen LogP contribution in [-0.2, 0) is 16.0 Å². The average molecular weight is 367 g/mol. The summed E-state index contributed by atoms with van der Waals surface area (Å²) in [6.07, 6.45) is 0.448. The molecule has 1 aliphatic rings. The van der Waals surface area contributed by atoms with Crippen LogP contribution in [0.4, 0.5) is 21.9 Å². The Morgan fingerprint density at radius 2 is 1.85 bits per heavy atom. The van der Waals surface area contributed by atoms with Crippen LogP contribution in [0, 0.1) is 0 Å². The number of methoxy groups -OCH3 is 1. The van der Waals surface area contributed by atoms with E-state index in [0.29, 0.717) is 5.69 Å². The summed E-state index contributed by atoms with van der Waals surface area (Å²) in [6, 6.07) is 15.1. The first-order valence-corrected chi connectivity index (χ1v) is 9.01. The van der Waals surface area contributed by atoms with E-state index in [2.05, 4.69) is 18.3 Å². The lowest BCUT2D eigenvalue weighted by atomic mass is 10.1. The Morgan fingerprint density at radius 3 is 2.52 bits per heavy atom. The first kappa shape index (κ1) is 18.8. The van der Waals surface area contributed by atoms with E-state index in [0.717, 1.165) is 17.8 Å². The third kappa shape index (κ3) is 3.74. The van der Waals surface area contributed by atoms with Crippen molar-refractivity contribution in [3.05, 3.63) is 54.1 Å². The van der Waals surface area contributed by atoms with Crippen LogP contribution in [0.5, 0.6) is 0 Å². The van der Waals surface area contributed by atoms with Gasteiger partial charge < -0.3 is 15.0 Å². The number of nitrogens with zero attached hydrogens (tertiary/aromatic N) is 2. The fourth-order valence-electron chi connectivity index (χ4n) is 3.45. The van der Waals surface area contributed by atoms with Crippen LogP contribution in [0.1, 0.15) is 19.4 Å². The zero-order valence-corrected chi connectivity index (χ0v) is 16.1. The second-order valence-corrected chi connectivity index (χ2v) is 6.83. The Bertz CT molecular complexity index is 835. The largest absolute Gasteiger partial charge is 0.452 e. The lowest BCUT2D eigenvalue weighted by molar-refractivity contribution is -0.119. The number of carbonyl (C=O) groups is 2. The minimum absolute atomic E-state index is 0.0446. The van der Waals surface area contributed by atoms with Crippen LogP contribution >= 0.6 is 0 Å². The van der Waals surface area contributed by atoms with Gasteiger partial charge in [0, 0.05) is 30.2 Å². The van der Waals surface area contributed by atoms with Crippen molar-refractivity contribution in [1.82, 2.24) is 0 Å². The van der Waals surface area contributed by atoms with Crippen molar-refractivity contribution in [3.8, 4) is 0 Å². The minimum atomic E-state index is -0.430. The second-order valence-electron chi connectivity index (χ2n) is 6.83. The summed E-state index contributed by atoms with van der Waals surface area (Å²) in [4.78, 5) is 27.9. The molecule has 2 atom stereocenters. The SMILES string of the molecule is COC(=O)N(C)c1ccc(N[C@@H](C)C(=O)N2c3ccccc3C[C@H]2C)cc1. The summed E-state index contributed by atoms with van der Waals surface area (Å²) in [5.74, 6) is 0.0446. The zero-order valence-electron chi connectivity index (χ0n) is 16.1. The predicted octanol–water partition coefficient (Wildman–Crippen LogP) is 3.67. The third-order valence-electron chi connectivity index (χ3n) is 4.90. The fourth-order valence-corrected chi connectivity index (χ4v) is 3.45. The van der Waals surface area contributed by atoms with Gasteiger partial charge in [0.2, 0.25) is 5.91 Å². The van der Waals surface area contributed by atoms with Crippen LogP contribution in [0.3, 0.4) is 0 Å². The van der Waals surface area contributed by atoms with Gasteiger partial charge in [-0.05, 0) is 56.2 Å². The van der Waals surface area contributed by atoms with Crippen molar-refractivity contribution in [2.24, 2.45) is 0 Å². The number of fused-ring (bicyclic) bond motifs is 1. The zero-order chi connectivity index (χ0) is 19.6. The molecule has 6 nitrogen and oxygen atoms in total. The molecule has 0 saturated heterocycles. The number of hydrogen-bond donors (Lipinski definition) is 1. The van der Waals surface area contributed by atoms with Gasteiger partial charge in [-0.15, -0.1) is 0 Å². The van der Waals surface area contributed by atoms with Gasteiger partial charge in [0.25, 0.3) is 0 Å². The van der Waals surface area contributed by atoms with Crippen molar-refractivity contribution in [1.29, 1.82) is 0 Å². The summed E-state index contributed by atoms with van der Waals surface area (Å²) in [6.45, 7) is 3.94. The van der Waals surface area contributed by atoms with Crippen LogP contribution < -0.4 is 15.1 Å². The number of hydrogen-bond acceptors (Lipinski definition) is 4. The molecule has 1 heterocycles. The summed E-state index contributed by atoms with van der Waals surface area (Å²) in [5.41, 5.74) is 3.74. The maximum Gasteiger partial charge on any atom is 0.413 e. The molecule has 0 bridgehead atoms.